The molecule has 0 saturated carbocycles. The van der Waals surface area contributed by atoms with Gasteiger partial charge in [-0.05, 0) is 28.1 Å². The molecule has 0 amide bonds. The van der Waals surface area contributed by atoms with Crippen molar-refractivity contribution in [1.82, 2.24) is 15.2 Å². The van der Waals surface area contributed by atoms with Gasteiger partial charge >= 0.3 is 6.16 Å². The van der Waals surface area contributed by atoms with Gasteiger partial charge in [-0.1, -0.05) is 52.6 Å². The number of para-hydroxylation sites is 1. The van der Waals surface area contributed by atoms with E-state index in [1.165, 1.54) is 0 Å². The van der Waals surface area contributed by atoms with Crippen LogP contribution in [0.4, 0.5) is 4.79 Å². The Balaban J connectivity index is 1.63. The van der Waals surface area contributed by atoms with Gasteiger partial charge in [-0.25, -0.2) is 4.79 Å². The van der Waals surface area contributed by atoms with Crippen molar-refractivity contribution in [2.24, 2.45) is 0 Å². The van der Waals surface area contributed by atoms with Crippen molar-refractivity contribution >= 4 is 38.8 Å². The van der Waals surface area contributed by atoms with Gasteiger partial charge in [0.1, 0.15) is 23.0 Å². The normalized spacial score (nSPS) is 12.4. The van der Waals surface area contributed by atoms with Gasteiger partial charge < -0.3 is 10.5 Å². The van der Waals surface area contributed by atoms with E-state index in [2.05, 4.69) is 22.6 Å². The number of quaternary nitrogens is 1. The number of allylic oxidation sites excluding steroid dienone is 2. The molecule has 0 fully saturated rings. The summed E-state index contributed by atoms with van der Waals surface area (Å²) in [6, 6.07) is 7.17. The van der Waals surface area contributed by atoms with E-state index >= 15 is 0 Å². The summed E-state index contributed by atoms with van der Waals surface area (Å²) in [4.78, 5) is 17.7. The lowest BCUT2D eigenvalue weighted by atomic mass is 10.3. The fourth-order valence-electron chi connectivity index (χ4n) is 1.68. The molecule has 0 aliphatic carbocycles. The first-order chi connectivity index (χ1) is 11.7. The summed E-state index contributed by atoms with van der Waals surface area (Å²) < 4.78 is 5.01. The minimum atomic E-state index is -0.809. The molecule has 128 valence electrons. The van der Waals surface area contributed by atoms with Crippen LogP contribution in [0.2, 0.25) is 0 Å². The Morgan fingerprint density at radius 1 is 1.46 bits per heavy atom. The first-order valence-corrected chi connectivity index (χ1v) is 9.63. The highest BCUT2D eigenvalue weighted by Crippen LogP contribution is 2.24. The number of ether oxygens (including phenoxy) is 1. The van der Waals surface area contributed by atoms with Crippen LogP contribution in [0.3, 0.4) is 0 Å². The zero-order chi connectivity index (χ0) is 17.2. The molecule has 1 aromatic heterocycles. The fourth-order valence-corrected chi connectivity index (χ4v) is 3.62. The van der Waals surface area contributed by atoms with Gasteiger partial charge in [0.25, 0.3) is 0 Å². The summed E-state index contributed by atoms with van der Waals surface area (Å²) in [5.41, 5.74) is 5.27. The monoisotopic (exact) mass is 367 g/mol. The zero-order valence-corrected chi connectivity index (χ0v) is 14.7. The zero-order valence-electron chi connectivity index (χ0n) is 13.0. The van der Waals surface area contributed by atoms with Crippen LogP contribution in [-0.4, -0.2) is 39.0 Å². The first kappa shape index (κ1) is 18.4. The fraction of sp³-hybridized carbons (Fsp3) is 0.267. The van der Waals surface area contributed by atoms with Gasteiger partial charge in [-0.2, -0.15) is 0 Å². The van der Waals surface area contributed by atoms with Crippen molar-refractivity contribution in [3.8, 4) is 0 Å². The van der Waals surface area contributed by atoms with Crippen molar-refractivity contribution in [3.63, 3.8) is 0 Å². The van der Waals surface area contributed by atoms with E-state index in [-0.39, 0.29) is 12.0 Å². The third kappa shape index (κ3) is 5.91. The Morgan fingerprint density at radius 2 is 2.29 bits per heavy atom. The summed E-state index contributed by atoms with van der Waals surface area (Å²) in [6.45, 7) is 3.86. The van der Waals surface area contributed by atoms with Crippen LogP contribution in [0, 0.1) is 0 Å². The van der Waals surface area contributed by atoms with Crippen LogP contribution in [0.1, 0.15) is 6.42 Å². The predicted octanol–water partition coefficient (Wildman–Crippen LogP) is 2.08. The van der Waals surface area contributed by atoms with Crippen LogP contribution < -0.4 is 10.6 Å². The SMILES string of the molecule is C=C/C=C\CC([NH3+])SSCCOC(=O)On1nnc2ccccc21. The van der Waals surface area contributed by atoms with Crippen LogP contribution in [0.15, 0.2) is 49.1 Å². The van der Waals surface area contributed by atoms with Crippen molar-refractivity contribution in [3.05, 3.63) is 49.1 Å². The third-order valence-corrected chi connectivity index (χ3v) is 5.40. The van der Waals surface area contributed by atoms with Crippen LogP contribution in [-0.2, 0) is 4.74 Å². The molecule has 0 radical (unpaired) electrons. The molecule has 1 unspecified atom stereocenters. The van der Waals surface area contributed by atoms with Crippen LogP contribution >= 0.6 is 21.6 Å². The van der Waals surface area contributed by atoms with Crippen molar-refractivity contribution < 1.29 is 20.1 Å². The number of fused-ring (bicyclic) bond motifs is 1. The first-order valence-electron chi connectivity index (χ1n) is 7.25. The maximum absolute atomic E-state index is 11.6. The largest absolute Gasteiger partial charge is 0.535 e. The standard InChI is InChI=1S/C15H18N4O3S2/c1-2-3-4-9-14(16)24-23-11-10-21-15(20)22-19-13-8-6-5-7-12(13)17-18-19/h2-8,14H,1,9-11,16H2/p+1/b4-3-. The molecule has 1 heterocycles. The highest BCUT2D eigenvalue weighted by Gasteiger charge is 2.11. The van der Waals surface area contributed by atoms with E-state index in [0.29, 0.717) is 16.8 Å². The van der Waals surface area contributed by atoms with Crippen molar-refractivity contribution in [2.45, 2.75) is 11.8 Å². The lowest BCUT2D eigenvalue weighted by molar-refractivity contribution is -0.383. The molecule has 3 N–H and O–H groups in total. The smallest absolute Gasteiger partial charge is 0.432 e. The second-order valence-electron chi connectivity index (χ2n) is 4.58. The average Bonchev–Trinajstić information content (AvgIpc) is 2.98. The lowest BCUT2D eigenvalue weighted by Crippen LogP contribution is -2.58. The minimum absolute atomic E-state index is 0.236. The van der Waals surface area contributed by atoms with E-state index in [0.717, 1.165) is 11.3 Å². The number of carbonyl (C=O) groups excluding carboxylic acids is 1. The molecule has 0 saturated heterocycles. The maximum atomic E-state index is 11.6. The highest BCUT2D eigenvalue weighted by atomic mass is 33.1. The van der Waals surface area contributed by atoms with Gasteiger partial charge in [0.05, 0.1) is 0 Å². The quantitative estimate of drug-likeness (QED) is 0.181. The van der Waals surface area contributed by atoms with Gasteiger partial charge in [0.2, 0.25) is 0 Å². The molecule has 24 heavy (non-hydrogen) atoms. The second kappa shape index (κ2) is 10.0. The lowest BCUT2D eigenvalue weighted by Gasteiger charge is -2.06. The molecule has 0 spiro atoms. The molecule has 2 rings (SSSR count). The van der Waals surface area contributed by atoms with Crippen molar-refractivity contribution in [2.75, 3.05) is 12.4 Å². The molecular weight excluding hydrogens is 348 g/mol. The topological polar surface area (TPSA) is 93.9 Å². The molecule has 0 aliphatic rings. The van der Waals surface area contributed by atoms with E-state index in [9.17, 15) is 4.79 Å². The summed E-state index contributed by atoms with van der Waals surface area (Å²) in [7, 11) is 3.24. The summed E-state index contributed by atoms with van der Waals surface area (Å²) in [5.74, 6) is 0.648. The van der Waals surface area contributed by atoms with E-state index in [1.54, 1.807) is 39.8 Å². The number of hydrogen-bond donors (Lipinski definition) is 1. The Morgan fingerprint density at radius 3 is 3.12 bits per heavy atom. The summed E-state index contributed by atoms with van der Waals surface area (Å²) in [5, 5.41) is 7.87. The van der Waals surface area contributed by atoms with Crippen LogP contribution in [0.5, 0.6) is 0 Å². The number of carbonyl (C=O) groups is 1. The average molecular weight is 367 g/mol. The van der Waals surface area contributed by atoms with Gasteiger partial charge in [0, 0.05) is 12.2 Å². The Labute approximate surface area is 147 Å². The molecule has 0 aliphatic heterocycles. The Kier molecular flexibility index (Phi) is 7.66. The van der Waals surface area contributed by atoms with Gasteiger partial charge in [-0.3, -0.25) is 4.84 Å². The predicted molar refractivity (Wildman–Crippen MR) is 96.1 cm³/mol. The van der Waals surface area contributed by atoms with E-state index < -0.39 is 6.16 Å². The number of aromatic nitrogens is 3. The minimum Gasteiger partial charge on any atom is -0.432 e. The highest BCUT2D eigenvalue weighted by molar-refractivity contribution is 8.76. The van der Waals surface area contributed by atoms with Gasteiger partial charge in [-0.15, -0.1) is 5.10 Å². The second-order valence-corrected chi connectivity index (χ2v) is 7.37. The maximum Gasteiger partial charge on any atom is 0.535 e. The molecular formula is C15H19N4O3S2+. The Bertz CT molecular complexity index is 705. The summed E-state index contributed by atoms with van der Waals surface area (Å²) in [6.07, 6.45) is 5.72. The molecule has 1 atom stereocenters. The third-order valence-electron chi connectivity index (χ3n) is 2.74. The number of nitrogens with zero attached hydrogens (tertiary/aromatic N) is 3. The van der Waals surface area contributed by atoms with Crippen LogP contribution in [0.25, 0.3) is 11.0 Å². The molecule has 9 heteroatoms. The molecule has 0 bridgehead atoms. The molecule has 7 nitrogen and oxygen atoms in total. The number of rotatable bonds is 9. The van der Waals surface area contributed by atoms with Crippen molar-refractivity contribution in [1.29, 1.82) is 0 Å². The number of benzene rings is 1. The van der Waals surface area contributed by atoms with Gasteiger partial charge in [0.15, 0.2) is 0 Å². The molecule has 2 aromatic rings. The Hall–Kier alpha value is -1.97. The van der Waals surface area contributed by atoms with E-state index in [4.69, 9.17) is 9.57 Å². The van der Waals surface area contributed by atoms with E-state index in [1.807, 2.05) is 24.3 Å². The molecule has 1 aromatic carbocycles. The number of hydrogen-bond acceptors (Lipinski definition) is 7. The summed E-state index contributed by atoms with van der Waals surface area (Å²) >= 11 is 0.